The fraction of sp³-hybridized carbons (Fsp3) is 0.524. The maximum absolute atomic E-state index is 13.2. The number of ketones is 2. The molecule has 0 saturated heterocycles. The van der Waals surface area contributed by atoms with Gasteiger partial charge in [-0.25, -0.2) is 43.7 Å². The molecular weight excluding hydrogens is 1170 g/mol. The van der Waals surface area contributed by atoms with E-state index in [2.05, 4.69) is 123 Å². The van der Waals surface area contributed by atoms with Gasteiger partial charge in [-0.1, -0.05) is 90.7 Å². The Morgan fingerprint density at radius 1 is 0.478 bits per heavy atom. The van der Waals surface area contributed by atoms with Crippen molar-refractivity contribution in [2.24, 2.45) is 0 Å². The van der Waals surface area contributed by atoms with Crippen LogP contribution in [0.4, 0.5) is 55.8 Å². The third-order valence-corrected chi connectivity index (χ3v) is 15.3. The average molecular weight is 1270 g/mol. The number of carbonyl (C=O) groups excluding carboxylic acids is 2. The first-order chi connectivity index (χ1) is 42.6. The van der Waals surface area contributed by atoms with E-state index in [1.807, 2.05) is 26.8 Å². The Morgan fingerprint density at radius 3 is 1.18 bits per heavy atom. The lowest BCUT2D eigenvalue weighted by molar-refractivity contribution is -0.118. The number of anilines is 8. The van der Waals surface area contributed by atoms with Crippen molar-refractivity contribution in [2.75, 3.05) is 57.4 Å². The zero-order valence-corrected chi connectivity index (χ0v) is 54.6. The number of unbranched alkanes of at least 4 members (excludes halogenated alkanes) is 4. The molecule has 1 unspecified atom stereocenters. The molecule has 0 radical (unpaired) electrons. The molecule has 24 nitrogen and oxygen atoms in total. The van der Waals surface area contributed by atoms with Crippen LogP contribution in [0.3, 0.4) is 0 Å². The largest absolute Gasteiger partial charge is 0.394 e. The van der Waals surface area contributed by atoms with E-state index >= 15 is 0 Å². The van der Waals surface area contributed by atoms with Crippen LogP contribution in [0.2, 0.25) is 5.02 Å². The molecule has 0 aliphatic rings. The van der Waals surface area contributed by atoms with Gasteiger partial charge < -0.3 is 64.0 Å². The highest BCUT2D eigenvalue weighted by atomic mass is 35.5. The lowest BCUT2D eigenvalue weighted by Crippen LogP contribution is -2.39. The number of hydrogen-bond donors (Lipinski definition) is 10. The zero-order chi connectivity index (χ0) is 66.4. The summed E-state index contributed by atoms with van der Waals surface area (Å²) in [4.78, 5) is 73.1. The number of rotatable bonds is 28. The molecule has 0 spiro atoms. The monoisotopic (exact) mass is 1260 g/mol. The van der Waals surface area contributed by atoms with Gasteiger partial charge in [0.1, 0.15) is 45.3 Å². The van der Waals surface area contributed by atoms with Crippen LogP contribution in [0, 0.1) is 18.6 Å². The molecule has 0 aliphatic carbocycles. The van der Waals surface area contributed by atoms with Gasteiger partial charge in [0, 0.05) is 48.4 Å². The highest BCUT2D eigenvalue weighted by Crippen LogP contribution is 2.33. The second-order valence-corrected chi connectivity index (χ2v) is 24.4. The average Bonchev–Trinajstić information content (AvgIpc) is 0.863. The minimum Gasteiger partial charge on any atom is -0.394 e. The molecule has 8 aromatic heterocycles. The first-order valence-electron chi connectivity index (χ1n) is 30.6. The summed E-state index contributed by atoms with van der Waals surface area (Å²) in [7, 11) is 0. The maximum Gasteiger partial charge on any atom is 0.222 e. The molecule has 0 aromatic carbocycles. The SMILES string of the molecule is CCCCC(C)(CO)Nc1nc(N)nc2cc(F)cnc12.CCCC[C@@](C)(CO)Nc1nc(N)nc2cc(F)cnc12.CCCC[C@](C)(CCC(C)=O)Nc1nc(N)nc2c(C)ccnc12.CCCC[C@](C)(CCC(C)=O)Nc1nc(N)nc2cc(Cl)cnc12. The van der Waals surface area contributed by atoms with Gasteiger partial charge in [-0.2, -0.15) is 19.9 Å². The van der Waals surface area contributed by atoms with E-state index in [1.54, 1.807) is 32.3 Å². The second kappa shape index (κ2) is 33.6. The van der Waals surface area contributed by atoms with Gasteiger partial charge >= 0.3 is 0 Å². The number of aliphatic hydroxyl groups is 2. The number of aliphatic hydroxyl groups excluding tert-OH is 2. The lowest BCUT2D eigenvalue weighted by atomic mass is 9.89. The van der Waals surface area contributed by atoms with E-state index in [0.717, 1.165) is 119 Å². The summed E-state index contributed by atoms with van der Waals surface area (Å²) >= 11 is 5.99. The minimum atomic E-state index is -0.542. The predicted octanol–water partition coefficient (Wildman–Crippen LogP) is 11.8. The van der Waals surface area contributed by atoms with Gasteiger partial charge in [0.15, 0.2) is 23.3 Å². The number of nitrogens with zero attached hydrogens (tertiary/aromatic N) is 12. The van der Waals surface area contributed by atoms with Crippen molar-refractivity contribution in [3.05, 3.63) is 71.3 Å². The third kappa shape index (κ3) is 21.8. The van der Waals surface area contributed by atoms with Gasteiger partial charge in [-0.3, -0.25) is 4.98 Å². The number of nitrogens with one attached hydrogen (secondary N) is 4. The van der Waals surface area contributed by atoms with Crippen molar-refractivity contribution in [3.63, 3.8) is 0 Å². The lowest BCUT2D eigenvalue weighted by Gasteiger charge is -2.31. The number of nitrogen functional groups attached to an aromatic ring is 4. The summed E-state index contributed by atoms with van der Waals surface area (Å²) in [6, 6.07) is 6.14. The molecule has 0 saturated carbocycles. The number of hydrogen-bond acceptors (Lipinski definition) is 24. The van der Waals surface area contributed by atoms with E-state index in [-0.39, 0.29) is 59.7 Å². The van der Waals surface area contributed by atoms with Crippen molar-refractivity contribution < 1.29 is 28.6 Å². The summed E-state index contributed by atoms with van der Waals surface area (Å²) in [5.74, 6) is 1.90. The van der Waals surface area contributed by atoms with Gasteiger partial charge in [0.25, 0.3) is 0 Å². The van der Waals surface area contributed by atoms with Crippen LogP contribution in [0.1, 0.15) is 178 Å². The molecule has 0 aliphatic heterocycles. The first-order valence-corrected chi connectivity index (χ1v) is 31.0. The smallest absolute Gasteiger partial charge is 0.222 e. The summed E-state index contributed by atoms with van der Waals surface area (Å²) < 4.78 is 26.5. The molecular formula is C63H91ClF2N20O4. The van der Waals surface area contributed by atoms with Crippen LogP contribution in [0.5, 0.6) is 0 Å². The third-order valence-electron chi connectivity index (χ3n) is 15.1. The van der Waals surface area contributed by atoms with Gasteiger partial charge in [0.2, 0.25) is 23.8 Å². The Labute approximate surface area is 530 Å². The number of nitrogens with two attached hydrogens (primary N) is 4. The van der Waals surface area contributed by atoms with E-state index < -0.39 is 22.7 Å². The van der Waals surface area contributed by atoms with Gasteiger partial charge in [0.05, 0.1) is 63.8 Å². The number of fused-ring (bicyclic) bond motifs is 4. The normalized spacial score (nSPS) is 13.9. The van der Waals surface area contributed by atoms with Crippen LogP contribution in [0.25, 0.3) is 44.1 Å². The van der Waals surface area contributed by atoms with E-state index in [0.29, 0.717) is 74.2 Å². The maximum atomic E-state index is 13.2. The Bertz CT molecular complexity index is 3560. The summed E-state index contributed by atoms with van der Waals surface area (Å²) in [5, 5.41) is 33.1. The van der Waals surface area contributed by atoms with E-state index in [9.17, 15) is 28.6 Å². The predicted molar refractivity (Wildman–Crippen MR) is 357 cm³/mol. The molecule has 0 amide bonds. The van der Waals surface area contributed by atoms with Crippen LogP contribution >= 0.6 is 11.6 Å². The Kier molecular flexibility index (Phi) is 27.0. The number of pyridine rings is 4. The van der Waals surface area contributed by atoms with Crippen molar-refractivity contribution in [1.82, 2.24) is 59.8 Å². The molecule has 8 aromatic rings. The molecule has 8 rings (SSSR count). The number of halogens is 3. The van der Waals surface area contributed by atoms with Gasteiger partial charge in [-0.15, -0.1) is 0 Å². The number of Topliss-reactive ketones (excluding diaryl/α,β-unsaturated/α-hetero) is 2. The fourth-order valence-corrected chi connectivity index (χ4v) is 9.89. The highest BCUT2D eigenvalue weighted by Gasteiger charge is 2.29. The summed E-state index contributed by atoms with van der Waals surface area (Å²) in [6.07, 6.45) is 19.8. The summed E-state index contributed by atoms with van der Waals surface area (Å²) in [5.41, 5.74) is 26.7. The van der Waals surface area contributed by atoms with Crippen LogP contribution in [0.15, 0.2) is 49.1 Å². The zero-order valence-electron chi connectivity index (χ0n) is 53.9. The molecule has 0 bridgehead atoms. The van der Waals surface area contributed by atoms with Gasteiger partial charge in [-0.05, 0) is 105 Å². The van der Waals surface area contributed by atoms with Crippen molar-refractivity contribution in [2.45, 2.75) is 201 Å². The van der Waals surface area contributed by atoms with Crippen molar-refractivity contribution in [3.8, 4) is 0 Å². The second-order valence-electron chi connectivity index (χ2n) is 24.0. The van der Waals surface area contributed by atoms with Crippen molar-refractivity contribution in [1.29, 1.82) is 0 Å². The molecule has 27 heteroatoms. The Hall–Kier alpha value is -8.23. The molecule has 8 heterocycles. The van der Waals surface area contributed by atoms with E-state index in [1.165, 1.54) is 12.1 Å². The first kappa shape index (κ1) is 72.5. The molecule has 0 fully saturated rings. The number of aryl methyl sites for hydroxylation is 1. The van der Waals surface area contributed by atoms with Crippen LogP contribution < -0.4 is 44.2 Å². The number of carbonyl (C=O) groups is 2. The Morgan fingerprint density at radius 2 is 0.811 bits per heavy atom. The standard InChI is InChI=1S/C18H27N5O.C17H24ClN5O.2C14H20FN5O/c1-5-6-9-18(4,10-7-13(3)24)23-16-15-14(21-17(19)22-16)12(2)8-11-20-15;1-4-5-7-17(3,8-6-11(2)24)23-15-14-13(21-16(19)22-15)9-12(18)10-20-14;2*1-3-4-5-14(2,8-21)20-12-11-10(18-13(16)19-12)6-9(15)7-17-11/h8,11H,5-7,9-10H2,1-4H3,(H3,19,21,22,23);9-10H,4-8H2,1-3H3,(H3,19,21,22,23);2*6-7,21H,3-5,8H2,1-2H3,(H3,16,18,19,20)/t18-;17-;14-;/m110./s1. The molecule has 14 N–H and O–H groups in total. The Balaban J connectivity index is 0.000000219. The molecule has 488 valence electrons. The topological polar surface area (TPSA) is 381 Å². The van der Waals surface area contributed by atoms with Crippen LogP contribution in [-0.4, -0.2) is 117 Å². The highest BCUT2D eigenvalue weighted by molar-refractivity contribution is 6.31. The molecule has 4 atom stereocenters. The number of aromatic nitrogens is 12. The minimum absolute atomic E-state index is 0.0354. The fourth-order valence-electron chi connectivity index (χ4n) is 9.73. The van der Waals surface area contributed by atoms with Crippen molar-refractivity contribution >= 4 is 114 Å². The van der Waals surface area contributed by atoms with Crippen LogP contribution in [-0.2, 0) is 9.59 Å². The molecule has 90 heavy (non-hydrogen) atoms. The van der Waals surface area contributed by atoms with E-state index in [4.69, 9.17) is 34.5 Å². The summed E-state index contributed by atoms with van der Waals surface area (Å²) in [6.45, 7) is 21.6. The quantitative estimate of drug-likeness (QED) is 0.0218.